The van der Waals surface area contributed by atoms with Crippen molar-refractivity contribution in [2.75, 3.05) is 13.6 Å². The SMILES string of the molecule is CN1CCc2c(c(C#N)nn2-c2cc(F)ccc2F)C1. The summed E-state index contributed by atoms with van der Waals surface area (Å²) in [5.74, 6) is -1.09. The largest absolute Gasteiger partial charge is 0.302 e. The van der Waals surface area contributed by atoms with Gasteiger partial charge in [0.1, 0.15) is 23.4 Å². The summed E-state index contributed by atoms with van der Waals surface area (Å²) in [6, 6.07) is 5.26. The zero-order valence-corrected chi connectivity index (χ0v) is 10.9. The van der Waals surface area contributed by atoms with Crippen molar-refractivity contribution < 1.29 is 8.78 Å². The van der Waals surface area contributed by atoms with Crippen LogP contribution in [0.15, 0.2) is 18.2 Å². The van der Waals surface area contributed by atoms with E-state index >= 15 is 0 Å². The quantitative estimate of drug-likeness (QED) is 0.799. The molecular formula is C14H12F2N4. The molecule has 4 nitrogen and oxygen atoms in total. The first-order valence-corrected chi connectivity index (χ1v) is 6.25. The number of likely N-dealkylation sites (N-methyl/N-ethyl adjacent to an activating group) is 1. The standard InChI is InChI=1S/C14H12F2N4/c1-19-5-4-13-10(8-19)12(7-17)18-20(13)14-6-9(15)2-3-11(14)16/h2-3,6H,4-5,8H2,1H3. The number of hydrogen-bond donors (Lipinski definition) is 0. The monoisotopic (exact) mass is 274 g/mol. The second-order valence-electron chi connectivity index (χ2n) is 4.88. The van der Waals surface area contributed by atoms with Crippen molar-refractivity contribution in [3.05, 3.63) is 46.8 Å². The average Bonchev–Trinajstić information content (AvgIpc) is 2.79. The van der Waals surface area contributed by atoms with Gasteiger partial charge < -0.3 is 4.90 Å². The van der Waals surface area contributed by atoms with Gasteiger partial charge in [0.25, 0.3) is 0 Å². The summed E-state index contributed by atoms with van der Waals surface area (Å²) < 4.78 is 28.6. The van der Waals surface area contributed by atoms with E-state index in [0.29, 0.717) is 13.0 Å². The van der Waals surface area contributed by atoms with Crippen molar-refractivity contribution in [1.29, 1.82) is 5.26 Å². The van der Waals surface area contributed by atoms with Gasteiger partial charge in [-0.3, -0.25) is 0 Å². The minimum absolute atomic E-state index is 0.0484. The molecule has 3 rings (SSSR count). The van der Waals surface area contributed by atoms with Gasteiger partial charge in [-0.1, -0.05) is 0 Å². The van der Waals surface area contributed by atoms with Crippen LogP contribution in [0.3, 0.4) is 0 Å². The van der Waals surface area contributed by atoms with Crippen LogP contribution in [0.4, 0.5) is 8.78 Å². The molecule has 0 amide bonds. The lowest BCUT2D eigenvalue weighted by Crippen LogP contribution is -2.27. The van der Waals surface area contributed by atoms with Gasteiger partial charge in [0, 0.05) is 31.1 Å². The van der Waals surface area contributed by atoms with Crippen molar-refractivity contribution in [2.45, 2.75) is 13.0 Å². The first-order valence-electron chi connectivity index (χ1n) is 6.25. The Labute approximate surface area is 114 Å². The second kappa shape index (κ2) is 4.69. The van der Waals surface area contributed by atoms with Crippen LogP contribution in [-0.4, -0.2) is 28.3 Å². The van der Waals surface area contributed by atoms with E-state index in [1.54, 1.807) is 0 Å². The van der Waals surface area contributed by atoms with E-state index in [1.807, 2.05) is 13.1 Å². The maximum atomic E-state index is 13.9. The molecular weight excluding hydrogens is 262 g/mol. The highest BCUT2D eigenvalue weighted by atomic mass is 19.1. The van der Waals surface area contributed by atoms with Crippen LogP contribution in [0, 0.1) is 23.0 Å². The third-order valence-electron chi connectivity index (χ3n) is 3.49. The molecule has 0 N–H and O–H groups in total. The Kier molecular flexibility index (Phi) is 2.99. The maximum absolute atomic E-state index is 13.9. The van der Waals surface area contributed by atoms with Gasteiger partial charge in [0.15, 0.2) is 5.69 Å². The molecule has 20 heavy (non-hydrogen) atoms. The van der Waals surface area contributed by atoms with E-state index in [0.717, 1.165) is 36.0 Å². The molecule has 0 radical (unpaired) electrons. The second-order valence-corrected chi connectivity index (χ2v) is 4.88. The minimum Gasteiger partial charge on any atom is -0.302 e. The van der Waals surface area contributed by atoms with Gasteiger partial charge in [-0.05, 0) is 19.2 Å². The Morgan fingerprint density at radius 1 is 1.35 bits per heavy atom. The molecule has 1 aliphatic heterocycles. The molecule has 1 aromatic carbocycles. The number of rotatable bonds is 1. The normalized spacial score (nSPS) is 14.9. The number of nitriles is 1. The number of hydrogen-bond acceptors (Lipinski definition) is 3. The van der Waals surface area contributed by atoms with Crippen LogP contribution >= 0.6 is 0 Å². The summed E-state index contributed by atoms with van der Waals surface area (Å²) in [5.41, 5.74) is 1.90. The predicted octanol–water partition coefficient (Wildman–Crippen LogP) is 2.01. The van der Waals surface area contributed by atoms with Crippen LogP contribution < -0.4 is 0 Å². The lowest BCUT2D eigenvalue weighted by atomic mass is 10.1. The molecule has 1 aliphatic rings. The summed E-state index contributed by atoms with van der Waals surface area (Å²) in [7, 11) is 1.95. The fourth-order valence-corrected chi connectivity index (χ4v) is 2.49. The van der Waals surface area contributed by atoms with Gasteiger partial charge >= 0.3 is 0 Å². The Balaban J connectivity index is 2.21. The van der Waals surface area contributed by atoms with E-state index < -0.39 is 11.6 Å². The Hall–Kier alpha value is -2.26. The molecule has 0 bridgehead atoms. The predicted molar refractivity (Wildman–Crippen MR) is 68.2 cm³/mol. The van der Waals surface area contributed by atoms with Gasteiger partial charge in [-0.15, -0.1) is 0 Å². The first-order chi connectivity index (χ1) is 9.60. The van der Waals surface area contributed by atoms with E-state index in [9.17, 15) is 8.78 Å². The summed E-state index contributed by atoms with van der Waals surface area (Å²) in [6.07, 6.45) is 0.649. The van der Waals surface area contributed by atoms with Gasteiger partial charge in [-0.2, -0.15) is 10.4 Å². The molecule has 102 valence electrons. The third kappa shape index (κ3) is 1.96. The zero-order chi connectivity index (χ0) is 14.3. The van der Waals surface area contributed by atoms with Crippen LogP contribution in [0.1, 0.15) is 17.0 Å². The third-order valence-corrected chi connectivity index (χ3v) is 3.49. The Morgan fingerprint density at radius 3 is 2.90 bits per heavy atom. The maximum Gasteiger partial charge on any atom is 0.167 e. The lowest BCUT2D eigenvalue weighted by Gasteiger charge is -2.23. The first kappa shape index (κ1) is 12.8. The van der Waals surface area contributed by atoms with Gasteiger partial charge in [0.05, 0.1) is 5.69 Å². The average molecular weight is 274 g/mol. The molecule has 0 saturated carbocycles. The number of fused-ring (bicyclic) bond motifs is 1. The van der Waals surface area contributed by atoms with E-state index in [1.165, 1.54) is 4.68 Å². The van der Waals surface area contributed by atoms with Crippen molar-refractivity contribution in [3.63, 3.8) is 0 Å². The molecule has 1 aromatic heterocycles. The van der Waals surface area contributed by atoms with Gasteiger partial charge in [-0.25, -0.2) is 13.5 Å². The molecule has 0 unspecified atom stereocenters. The van der Waals surface area contributed by atoms with E-state index in [-0.39, 0.29) is 11.4 Å². The van der Waals surface area contributed by atoms with Crippen molar-refractivity contribution in [3.8, 4) is 11.8 Å². The molecule has 0 spiro atoms. The summed E-state index contributed by atoms with van der Waals surface area (Å²) in [6.45, 7) is 1.38. The van der Waals surface area contributed by atoms with Crippen LogP contribution in [0.5, 0.6) is 0 Å². The van der Waals surface area contributed by atoms with Crippen molar-refractivity contribution in [1.82, 2.24) is 14.7 Å². The zero-order valence-electron chi connectivity index (χ0n) is 10.9. The highest BCUT2D eigenvalue weighted by molar-refractivity contribution is 5.43. The molecule has 0 aliphatic carbocycles. The molecule has 2 aromatic rings. The highest BCUT2D eigenvalue weighted by Gasteiger charge is 2.25. The summed E-state index contributed by atoms with van der Waals surface area (Å²) in [4.78, 5) is 2.07. The molecule has 0 atom stereocenters. The number of benzene rings is 1. The van der Waals surface area contributed by atoms with Crippen LogP contribution in [0.2, 0.25) is 0 Å². The van der Waals surface area contributed by atoms with E-state index in [2.05, 4.69) is 10.00 Å². The smallest absolute Gasteiger partial charge is 0.167 e. The molecule has 6 heteroatoms. The number of aromatic nitrogens is 2. The topological polar surface area (TPSA) is 44.9 Å². The minimum atomic E-state index is -0.555. The van der Waals surface area contributed by atoms with E-state index in [4.69, 9.17) is 5.26 Å². The summed E-state index contributed by atoms with van der Waals surface area (Å²) >= 11 is 0. The van der Waals surface area contributed by atoms with Crippen molar-refractivity contribution in [2.24, 2.45) is 0 Å². The Morgan fingerprint density at radius 2 is 2.15 bits per heavy atom. The van der Waals surface area contributed by atoms with Crippen LogP contribution in [0.25, 0.3) is 5.69 Å². The summed E-state index contributed by atoms with van der Waals surface area (Å²) in [5, 5.41) is 13.3. The Bertz CT molecular complexity index is 715. The van der Waals surface area contributed by atoms with Crippen LogP contribution in [-0.2, 0) is 13.0 Å². The fourth-order valence-electron chi connectivity index (χ4n) is 2.49. The van der Waals surface area contributed by atoms with Gasteiger partial charge in [0.2, 0.25) is 0 Å². The fraction of sp³-hybridized carbons (Fsp3) is 0.286. The lowest BCUT2D eigenvalue weighted by molar-refractivity contribution is 0.309. The highest BCUT2D eigenvalue weighted by Crippen LogP contribution is 2.25. The van der Waals surface area contributed by atoms with Crippen molar-refractivity contribution >= 4 is 0 Å². The number of halogens is 2. The number of nitrogens with zero attached hydrogens (tertiary/aromatic N) is 4. The molecule has 2 heterocycles. The molecule has 0 fully saturated rings. The molecule has 0 saturated heterocycles.